The van der Waals surface area contributed by atoms with Crippen LogP contribution in [-0.2, 0) is 6.18 Å². The lowest BCUT2D eigenvalue weighted by molar-refractivity contribution is -0.388. The summed E-state index contributed by atoms with van der Waals surface area (Å²) in [4.78, 5) is 10.5. The third-order valence-corrected chi connectivity index (χ3v) is 4.13. The van der Waals surface area contributed by atoms with Crippen LogP contribution in [0, 0.1) is 10.1 Å². The van der Waals surface area contributed by atoms with Gasteiger partial charge in [0.2, 0.25) is 0 Å². The predicted molar refractivity (Wildman–Crippen MR) is 80.5 cm³/mol. The van der Waals surface area contributed by atoms with Gasteiger partial charge >= 0.3 is 6.18 Å². The molecule has 1 heterocycles. The quantitative estimate of drug-likeness (QED) is 0.607. The van der Waals surface area contributed by atoms with Crippen molar-refractivity contribution in [1.29, 1.82) is 0 Å². The topological polar surface area (TPSA) is 75.4 Å². The molecule has 0 bridgehead atoms. The first-order valence-corrected chi connectivity index (χ1v) is 7.47. The van der Waals surface area contributed by atoms with E-state index in [1.807, 2.05) is 5.38 Å². The highest BCUT2D eigenvalue weighted by Gasteiger charge is 2.38. The van der Waals surface area contributed by atoms with E-state index in [0.717, 1.165) is 17.0 Å². The zero-order valence-electron chi connectivity index (χ0n) is 11.7. The molecule has 1 aromatic carbocycles. The van der Waals surface area contributed by atoms with Crippen LogP contribution >= 0.6 is 11.3 Å². The summed E-state index contributed by atoms with van der Waals surface area (Å²) >= 11 is 1.40. The summed E-state index contributed by atoms with van der Waals surface area (Å²) in [7, 11) is 0. The van der Waals surface area contributed by atoms with Crippen molar-refractivity contribution in [2.45, 2.75) is 18.6 Å². The Labute approximate surface area is 133 Å². The number of aliphatic hydroxyl groups excluding tert-OH is 1. The molecule has 124 valence electrons. The van der Waals surface area contributed by atoms with Crippen molar-refractivity contribution in [2.24, 2.45) is 0 Å². The Morgan fingerprint density at radius 1 is 1.35 bits per heavy atom. The molecule has 9 heteroatoms. The number of thiophene rings is 1. The van der Waals surface area contributed by atoms with Gasteiger partial charge in [-0.15, -0.1) is 11.3 Å². The third-order valence-electron chi connectivity index (χ3n) is 3.14. The fourth-order valence-corrected chi connectivity index (χ4v) is 2.93. The van der Waals surface area contributed by atoms with E-state index in [2.05, 4.69) is 5.32 Å². The molecule has 1 atom stereocenters. The lowest BCUT2D eigenvalue weighted by Gasteiger charge is -2.19. The summed E-state index contributed by atoms with van der Waals surface area (Å²) in [5.41, 5.74) is -2.19. The third kappa shape index (κ3) is 4.20. The Bertz CT molecular complexity index is 674. The first-order valence-electron chi connectivity index (χ1n) is 6.59. The van der Waals surface area contributed by atoms with Gasteiger partial charge in [-0.05, 0) is 30.0 Å². The van der Waals surface area contributed by atoms with Crippen molar-refractivity contribution >= 4 is 22.7 Å². The number of aliphatic hydroxyl groups is 1. The fourth-order valence-electron chi connectivity index (χ4n) is 2.12. The van der Waals surface area contributed by atoms with Crippen molar-refractivity contribution in [3.63, 3.8) is 0 Å². The maximum atomic E-state index is 13.0. The molecule has 0 fully saturated rings. The Hall–Kier alpha value is -2.13. The average molecular weight is 346 g/mol. The number of nitro benzene ring substituents is 1. The monoisotopic (exact) mass is 346 g/mol. The lowest BCUT2D eigenvalue weighted by Crippen LogP contribution is -2.13. The van der Waals surface area contributed by atoms with Gasteiger partial charge in [0.15, 0.2) is 0 Å². The van der Waals surface area contributed by atoms with Gasteiger partial charge in [0.05, 0.1) is 11.0 Å². The predicted octanol–water partition coefficient (Wildman–Crippen LogP) is 4.21. The fraction of sp³-hybridized carbons (Fsp3) is 0.286. The zero-order chi connectivity index (χ0) is 17.0. The molecule has 0 aliphatic rings. The number of rotatable bonds is 6. The minimum absolute atomic E-state index is 0.106. The number of alkyl halides is 3. The van der Waals surface area contributed by atoms with Crippen LogP contribution in [0.1, 0.15) is 22.9 Å². The zero-order valence-corrected chi connectivity index (χ0v) is 12.5. The first-order chi connectivity index (χ1) is 10.8. The second-order valence-electron chi connectivity index (χ2n) is 4.71. The highest BCUT2D eigenvalue weighted by molar-refractivity contribution is 7.10. The number of hydrogen-bond donors (Lipinski definition) is 2. The summed E-state index contributed by atoms with van der Waals surface area (Å²) in [5.74, 6) is 0. The van der Waals surface area contributed by atoms with Gasteiger partial charge in [0.1, 0.15) is 5.56 Å². The van der Waals surface area contributed by atoms with Crippen LogP contribution in [0.15, 0.2) is 35.7 Å². The van der Waals surface area contributed by atoms with E-state index in [-0.39, 0.29) is 18.3 Å². The molecule has 0 amide bonds. The number of benzene rings is 1. The Morgan fingerprint density at radius 2 is 2.09 bits per heavy atom. The standard InChI is InChI=1S/C14H13F3N2O3S/c15-14(16,17)10-8-9(3-4-12(10)19(21)22)18-11(5-6-20)13-2-1-7-23-13/h1-4,7-8,11,18,20H,5-6H2. The summed E-state index contributed by atoms with van der Waals surface area (Å²) in [6, 6.07) is 6.00. The maximum Gasteiger partial charge on any atom is 0.423 e. The van der Waals surface area contributed by atoms with Gasteiger partial charge in [-0.2, -0.15) is 13.2 Å². The van der Waals surface area contributed by atoms with Crippen molar-refractivity contribution in [1.82, 2.24) is 0 Å². The van der Waals surface area contributed by atoms with Gasteiger partial charge in [0, 0.05) is 23.2 Å². The van der Waals surface area contributed by atoms with E-state index in [0.29, 0.717) is 6.42 Å². The molecule has 0 aliphatic heterocycles. The molecule has 0 saturated heterocycles. The van der Waals surface area contributed by atoms with Crippen LogP contribution in [0.2, 0.25) is 0 Å². The summed E-state index contributed by atoms with van der Waals surface area (Å²) < 4.78 is 38.9. The molecule has 5 nitrogen and oxygen atoms in total. The van der Waals surface area contributed by atoms with E-state index >= 15 is 0 Å². The van der Waals surface area contributed by atoms with Crippen LogP contribution in [0.25, 0.3) is 0 Å². The van der Waals surface area contributed by atoms with Gasteiger partial charge < -0.3 is 10.4 Å². The van der Waals surface area contributed by atoms with E-state index in [1.165, 1.54) is 17.4 Å². The van der Waals surface area contributed by atoms with Crippen LogP contribution < -0.4 is 5.32 Å². The number of nitro groups is 1. The van der Waals surface area contributed by atoms with Crippen LogP contribution in [0.3, 0.4) is 0 Å². The molecule has 0 radical (unpaired) electrons. The van der Waals surface area contributed by atoms with Crippen LogP contribution in [0.5, 0.6) is 0 Å². The number of nitrogens with zero attached hydrogens (tertiary/aromatic N) is 1. The average Bonchev–Trinajstić information content (AvgIpc) is 2.99. The number of halogens is 3. The normalized spacial score (nSPS) is 12.9. The van der Waals surface area contributed by atoms with E-state index in [1.54, 1.807) is 12.1 Å². The van der Waals surface area contributed by atoms with Crippen LogP contribution in [-0.4, -0.2) is 16.6 Å². The van der Waals surface area contributed by atoms with Crippen molar-refractivity contribution < 1.29 is 23.2 Å². The second kappa shape index (κ2) is 6.97. The molecule has 23 heavy (non-hydrogen) atoms. The Kier molecular flexibility index (Phi) is 5.22. The molecular formula is C14H13F3N2O3S. The SMILES string of the molecule is O=[N+]([O-])c1ccc(NC(CCO)c2cccs2)cc1C(F)(F)F. The molecule has 1 aromatic heterocycles. The molecule has 2 N–H and O–H groups in total. The van der Waals surface area contributed by atoms with Crippen LogP contribution in [0.4, 0.5) is 24.5 Å². The smallest absolute Gasteiger partial charge is 0.396 e. The largest absolute Gasteiger partial charge is 0.423 e. The number of anilines is 1. The minimum atomic E-state index is -4.82. The van der Waals surface area contributed by atoms with E-state index in [4.69, 9.17) is 5.11 Å². The number of hydrogen-bond acceptors (Lipinski definition) is 5. The Balaban J connectivity index is 2.34. The van der Waals surface area contributed by atoms with Gasteiger partial charge in [-0.1, -0.05) is 6.07 Å². The first kappa shape index (κ1) is 17.2. The van der Waals surface area contributed by atoms with E-state index < -0.39 is 22.4 Å². The molecule has 1 unspecified atom stereocenters. The molecule has 0 saturated carbocycles. The van der Waals surface area contributed by atoms with Gasteiger partial charge in [0.25, 0.3) is 5.69 Å². The molecule has 0 aliphatic carbocycles. The minimum Gasteiger partial charge on any atom is -0.396 e. The molecular weight excluding hydrogens is 333 g/mol. The molecule has 0 spiro atoms. The summed E-state index contributed by atoms with van der Waals surface area (Å²) in [6.07, 6.45) is -4.52. The molecule has 2 rings (SSSR count). The lowest BCUT2D eigenvalue weighted by atomic mass is 10.1. The van der Waals surface area contributed by atoms with Crippen molar-refractivity contribution in [3.8, 4) is 0 Å². The highest BCUT2D eigenvalue weighted by Crippen LogP contribution is 2.38. The number of nitrogens with one attached hydrogen (secondary N) is 1. The van der Waals surface area contributed by atoms with Gasteiger partial charge in [-0.3, -0.25) is 10.1 Å². The van der Waals surface area contributed by atoms with Crippen molar-refractivity contribution in [3.05, 3.63) is 56.3 Å². The summed E-state index contributed by atoms with van der Waals surface area (Å²) in [5, 5.41) is 24.6. The van der Waals surface area contributed by atoms with Gasteiger partial charge in [-0.25, -0.2) is 0 Å². The molecule has 2 aromatic rings. The highest BCUT2D eigenvalue weighted by atomic mass is 32.1. The van der Waals surface area contributed by atoms with Crippen molar-refractivity contribution in [2.75, 3.05) is 11.9 Å². The summed E-state index contributed by atoms with van der Waals surface area (Å²) in [6.45, 7) is -0.144. The maximum absolute atomic E-state index is 13.0. The van der Waals surface area contributed by atoms with E-state index in [9.17, 15) is 23.3 Å². The Morgan fingerprint density at radius 3 is 2.61 bits per heavy atom. The second-order valence-corrected chi connectivity index (χ2v) is 5.69.